The van der Waals surface area contributed by atoms with Crippen LogP contribution in [0.5, 0.6) is 0 Å². The van der Waals surface area contributed by atoms with Crippen LogP contribution in [0.2, 0.25) is 0 Å². The van der Waals surface area contributed by atoms with Gasteiger partial charge in [-0.1, -0.05) is 37.3 Å². The Morgan fingerprint density at radius 2 is 2.00 bits per heavy atom. The van der Waals surface area contributed by atoms with Crippen LogP contribution in [0, 0.1) is 5.92 Å². The van der Waals surface area contributed by atoms with Gasteiger partial charge in [-0.2, -0.15) is 0 Å². The molecule has 1 rings (SSSR count). The molecule has 0 spiro atoms. The minimum atomic E-state index is -0.121. The highest BCUT2D eigenvalue weighted by molar-refractivity contribution is 5.85. The summed E-state index contributed by atoms with van der Waals surface area (Å²) in [7, 11) is 1.78. The van der Waals surface area contributed by atoms with Crippen molar-refractivity contribution in [2.24, 2.45) is 11.7 Å². The third-order valence-corrected chi connectivity index (χ3v) is 2.83. The third-order valence-electron chi connectivity index (χ3n) is 2.83. The molecule has 0 bridgehead atoms. The van der Waals surface area contributed by atoms with E-state index in [2.05, 4.69) is 0 Å². The van der Waals surface area contributed by atoms with Gasteiger partial charge in [-0.05, 0) is 5.56 Å². The fourth-order valence-corrected chi connectivity index (χ4v) is 1.55. The average Bonchev–Trinajstić information content (AvgIpc) is 2.42. The number of carbonyl (C=O) groups is 1. The Bertz CT molecular complexity index is 360. The van der Waals surface area contributed by atoms with E-state index < -0.39 is 0 Å². The van der Waals surface area contributed by atoms with Crippen LogP contribution in [0.4, 0.5) is 0 Å². The molecule has 19 heavy (non-hydrogen) atoms. The maximum absolute atomic E-state index is 11.7. The monoisotopic (exact) mass is 286 g/mol. The Morgan fingerprint density at radius 3 is 2.58 bits per heavy atom. The molecular formula is C14H23ClN2O2. The number of likely N-dealkylation sites (N-methyl/N-ethyl adjacent to an activating group) is 1. The largest absolute Gasteiger partial charge is 0.375 e. The Labute approximate surface area is 121 Å². The lowest BCUT2D eigenvalue weighted by molar-refractivity contribution is -0.134. The number of hydrogen-bond donors (Lipinski definition) is 1. The number of benzene rings is 1. The van der Waals surface area contributed by atoms with Crippen molar-refractivity contribution >= 4 is 18.3 Å². The lowest BCUT2D eigenvalue weighted by atomic mass is 10.1. The van der Waals surface area contributed by atoms with Crippen LogP contribution in [-0.4, -0.2) is 37.6 Å². The first kappa shape index (κ1) is 17.9. The van der Waals surface area contributed by atoms with Crippen molar-refractivity contribution < 1.29 is 9.53 Å². The van der Waals surface area contributed by atoms with E-state index in [4.69, 9.17) is 10.5 Å². The van der Waals surface area contributed by atoms with Gasteiger partial charge in [0.2, 0.25) is 5.91 Å². The smallest absolute Gasteiger partial charge is 0.226 e. The average molecular weight is 287 g/mol. The molecule has 5 heteroatoms. The molecule has 2 N–H and O–H groups in total. The molecule has 0 aliphatic rings. The number of hydrogen-bond acceptors (Lipinski definition) is 3. The van der Waals surface area contributed by atoms with E-state index in [0.717, 1.165) is 5.56 Å². The summed E-state index contributed by atoms with van der Waals surface area (Å²) < 4.78 is 5.53. The second-order valence-corrected chi connectivity index (χ2v) is 4.43. The fraction of sp³-hybridized carbons (Fsp3) is 0.500. The summed E-state index contributed by atoms with van der Waals surface area (Å²) in [5.74, 6) is -0.0510. The molecule has 1 atom stereocenters. The molecule has 0 saturated heterocycles. The van der Waals surface area contributed by atoms with Crippen LogP contribution in [-0.2, 0) is 16.1 Å². The van der Waals surface area contributed by atoms with Crippen LogP contribution in [0.15, 0.2) is 30.3 Å². The Kier molecular flexibility index (Phi) is 9.21. The molecule has 0 aliphatic carbocycles. The molecule has 4 nitrogen and oxygen atoms in total. The quantitative estimate of drug-likeness (QED) is 0.776. The van der Waals surface area contributed by atoms with Crippen LogP contribution in [0.3, 0.4) is 0 Å². The van der Waals surface area contributed by atoms with Gasteiger partial charge in [0.1, 0.15) is 0 Å². The zero-order chi connectivity index (χ0) is 13.4. The van der Waals surface area contributed by atoms with Crippen molar-refractivity contribution in [2.75, 3.05) is 26.7 Å². The first-order valence-electron chi connectivity index (χ1n) is 6.22. The van der Waals surface area contributed by atoms with Crippen molar-refractivity contribution in [1.82, 2.24) is 4.90 Å². The van der Waals surface area contributed by atoms with Gasteiger partial charge < -0.3 is 15.4 Å². The van der Waals surface area contributed by atoms with E-state index in [9.17, 15) is 4.79 Å². The number of nitrogens with zero attached hydrogens (tertiary/aromatic N) is 1. The Balaban J connectivity index is 0.00000324. The highest BCUT2D eigenvalue weighted by atomic mass is 35.5. The maximum Gasteiger partial charge on any atom is 0.226 e. The molecule has 0 aromatic heterocycles. The van der Waals surface area contributed by atoms with Gasteiger partial charge in [-0.3, -0.25) is 4.79 Å². The predicted molar refractivity (Wildman–Crippen MR) is 79.2 cm³/mol. The second kappa shape index (κ2) is 9.78. The van der Waals surface area contributed by atoms with Crippen LogP contribution < -0.4 is 5.73 Å². The van der Waals surface area contributed by atoms with E-state index in [0.29, 0.717) is 26.3 Å². The number of amides is 1. The van der Waals surface area contributed by atoms with Gasteiger partial charge in [-0.15, -0.1) is 12.4 Å². The molecule has 1 unspecified atom stereocenters. The molecule has 0 aliphatic heterocycles. The molecule has 1 aromatic carbocycles. The summed E-state index contributed by atoms with van der Waals surface area (Å²) in [5, 5.41) is 0. The molecule has 0 radical (unpaired) electrons. The highest BCUT2D eigenvalue weighted by Crippen LogP contribution is 2.01. The lowest BCUT2D eigenvalue weighted by Gasteiger charge is -2.20. The Morgan fingerprint density at radius 1 is 1.37 bits per heavy atom. The van der Waals surface area contributed by atoms with Gasteiger partial charge in [0.05, 0.1) is 13.2 Å². The van der Waals surface area contributed by atoms with Gasteiger partial charge in [0, 0.05) is 26.1 Å². The highest BCUT2D eigenvalue weighted by Gasteiger charge is 2.15. The van der Waals surface area contributed by atoms with Gasteiger partial charge in [0.25, 0.3) is 0 Å². The topological polar surface area (TPSA) is 55.6 Å². The number of ether oxygens (including phenoxy) is 1. The van der Waals surface area contributed by atoms with E-state index >= 15 is 0 Å². The molecule has 108 valence electrons. The van der Waals surface area contributed by atoms with Crippen molar-refractivity contribution in [1.29, 1.82) is 0 Å². The molecule has 1 aromatic rings. The van der Waals surface area contributed by atoms with Crippen molar-refractivity contribution in [3.05, 3.63) is 35.9 Å². The first-order chi connectivity index (χ1) is 8.65. The summed E-state index contributed by atoms with van der Waals surface area (Å²) in [6, 6.07) is 9.98. The minimum absolute atomic E-state index is 0. The van der Waals surface area contributed by atoms with E-state index in [1.165, 1.54) is 0 Å². The third kappa shape index (κ3) is 6.57. The van der Waals surface area contributed by atoms with E-state index in [1.807, 2.05) is 37.3 Å². The zero-order valence-electron chi connectivity index (χ0n) is 11.5. The van der Waals surface area contributed by atoms with Gasteiger partial charge >= 0.3 is 0 Å². The summed E-state index contributed by atoms with van der Waals surface area (Å²) in [6.07, 6.45) is 0. The van der Waals surface area contributed by atoms with Crippen molar-refractivity contribution in [3.63, 3.8) is 0 Å². The molecular weight excluding hydrogens is 264 g/mol. The second-order valence-electron chi connectivity index (χ2n) is 4.43. The predicted octanol–water partition coefficient (Wildman–Crippen LogP) is 1.68. The van der Waals surface area contributed by atoms with Crippen LogP contribution >= 0.6 is 12.4 Å². The molecule has 0 fully saturated rings. The summed E-state index contributed by atoms with van der Waals surface area (Å²) in [5.41, 5.74) is 6.60. The van der Waals surface area contributed by atoms with Crippen molar-refractivity contribution in [2.45, 2.75) is 13.5 Å². The van der Waals surface area contributed by atoms with Gasteiger partial charge in [0.15, 0.2) is 0 Å². The molecule has 0 heterocycles. The first-order valence-corrected chi connectivity index (χ1v) is 6.22. The number of rotatable bonds is 7. The van der Waals surface area contributed by atoms with E-state index in [1.54, 1.807) is 11.9 Å². The summed E-state index contributed by atoms with van der Waals surface area (Å²) in [4.78, 5) is 13.4. The number of nitrogens with two attached hydrogens (primary N) is 1. The van der Waals surface area contributed by atoms with Gasteiger partial charge in [-0.25, -0.2) is 0 Å². The van der Waals surface area contributed by atoms with E-state index in [-0.39, 0.29) is 24.2 Å². The van der Waals surface area contributed by atoms with Crippen molar-refractivity contribution in [3.8, 4) is 0 Å². The summed E-state index contributed by atoms with van der Waals surface area (Å²) >= 11 is 0. The Hall–Kier alpha value is -1.10. The molecule has 1 amide bonds. The summed E-state index contributed by atoms with van der Waals surface area (Å²) in [6.45, 7) is 3.93. The van der Waals surface area contributed by atoms with Crippen LogP contribution in [0.1, 0.15) is 12.5 Å². The SMILES string of the molecule is CC(CN)C(=O)N(C)CCOCc1ccccc1.Cl. The zero-order valence-corrected chi connectivity index (χ0v) is 12.4. The number of halogens is 1. The number of carbonyl (C=O) groups excluding carboxylic acids is 1. The molecule has 0 saturated carbocycles. The minimum Gasteiger partial charge on any atom is -0.375 e. The van der Waals surface area contributed by atoms with Crippen LogP contribution in [0.25, 0.3) is 0 Å². The standard InChI is InChI=1S/C14H22N2O2.ClH/c1-12(10-15)14(17)16(2)8-9-18-11-13-6-4-3-5-7-13;/h3-7,12H,8-11,15H2,1-2H3;1H. The normalized spacial score (nSPS) is 11.5. The fourth-order valence-electron chi connectivity index (χ4n) is 1.55. The maximum atomic E-state index is 11.7. The lowest BCUT2D eigenvalue weighted by Crippen LogP contribution is -2.37.